The van der Waals surface area contributed by atoms with Crippen molar-refractivity contribution in [1.82, 2.24) is 14.8 Å². The highest BCUT2D eigenvalue weighted by Gasteiger charge is 2.17. The second kappa shape index (κ2) is 8.00. The predicted molar refractivity (Wildman–Crippen MR) is 114 cm³/mol. The monoisotopic (exact) mass is 474 g/mol. The van der Waals surface area contributed by atoms with Crippen molar-refractivity contribution in [3.8, 4) is 11.6 Å². The van der Waals surface area contributed by atoms with Gasteiger partial charge < -0.3 is 14.3 Å². The number of furan rings is 1. The first-order chi connectivity index (χ1) is 13.9. The Balaban J connectivity index is 1.47. The first kappa shape index (κ1) is 19.7. The number of hydrogen-bond donors (Lipinski definition) is 1. The van der Waals surface area contributed by atoms with Gasteiger partial charge in [-0.3, -0.25) is 4.79 Å². The summed E-state index contributed by atoms with van der Waals surface area (Å²) in [5, 5.41) is 12.6. The molecule has 0 saturated carbocycles. The minimum Gasteiger partial charge on any atom is -0.453 e. The van der Waals surface area contributed by atoms with E-state index in [2.05, 4.69) is 31.4 Å². The van der Waals surface area contributed by atoms with Gasteiger partial charge in [-0.2, -0.15) is 0 Å². The van der Waals surface area contributed by atoms with Crippen LogP contribution in [0.15, 0.2) is 56.5 Å². The SMILES string of the molecule is Cc1ccc(F)cc1NC(=O)CSc1nnc(-c2cc3cc(Br)ccc3o2)n1C. The number of anilines is 1. The van der Waals surface area contributed by atoms with Crippen molar-refractivity contribution in [3.63, 3.8) is 0 Å². The molecule has 2 aromatic heterocycles. The van der Waals surface area contributed by atoms with E-state index in [0.717, 1.165) is 21.0 Å². The molecule has 0 radical (unpaired) electrons. The third-order valence-corrected chi connectivity index (χ3v) is 5.85. The molecule has 4 rings (SSSR count). The number of rotatable bonds is 5. The van der Waals surface area contributed by atoms with E-state index in [1.54, 1.807) is 10.6 Å². The number of benzene rings is 2. The lowest BCUT2D eigenvalue weighted by molar-refractivity contribution is -0.113. The Hall–Kier alpha value is -2.65. The lowest BCUT2D eigenvalue weighted by atomic mass is 10.2. The van der Waals surface area contributed by atoms with E-state index in [1.807, 2.05) is 38.2 Å². The van der Waals surface area contributed by atoms with Crippen LogP contribution in [0, 0.1) is 12.7 Å². The first-order valence-electron chi connectivity index (χ1n) is 8.68. The second-order valence-corrected chi connectivity index (χ2v) is 8.31. The maximum Gasteiger partial charge on any atom is 0.234 e. The average molecular weight is 475 g/mol. The predicted octanol–water partition coefficient (Wildman–Crippen LogP) is 5.17. The summed E-state index contributed by atoms with van der Waals surface area (Å²) in [6, 6.07) is 11.9. The molecular weight excluding hydrogens is 459 g/mol. The number of amides is 1. The van der Waals surface area contributed by atoms with Gasteiger partial charge in [0.1, 0.15) is 11.4 Å². The van der Waals surface area contributed by atoms with Crippen LogP contribution < -0.4 is 5.32 Å². The minimum absolute atomic E-state index is 0.120. The third-order valence-electron chi connectivity index (χ3n) is 4.34. The van der Waals surface area contributed by atoms with E-state index in [4.69, 9.17) is 4.42 Å². The fourth-order valence-electron chi connectivity index (χ4n) is 2.82. The summed E-state index contributed by atoms with van der Waals surface area (Å²) >= 11 is 4.69. The fraction of sp³-hybridized carbons (Fsp3) is 0.150. The molecule has 0 fully saturated rings. The van der Waals surface area contributed by atoms with Crippen molar-refractivity contribution < 1.29 is 13.6 Å². The van der Waals surface area contributed by atoms with Crippen LogP contribution in [0.5, 0.6) is 0 Å². The van der Waals surface area contributed by atoms with Crippen LogP contribution in [0.1, 0.15) is 5.56 Å². The molecular formula is C20H16BrFN4O2S. The van der Waals surface area contributed by atoms with E-state index in [9.17, 15) is 9.18 Å². The zero-order valence-electron chi connectivity index (χ0n) is 15.6. The molecule has 29 heavy (non-hydrogen) atoms. The van der Waals surface area contributed by atoms with Crippen molar-refractivity contribution >= 4 is 50.3 Å². The Morgan fingerprint density at radius 1 is 1.24 bits per heavy atom. The smallest absolute Gasteiger partial charge is 0.234 e. The Kier molecular flexibility index (Phi) is 5.42. The number of carbonyl (C=O) groups is 1. The molecule has 0 aliphatic carbocycles. The Bertz CT molecular complexity index is 1220. The molecule has 0 spiro atoms. The normalized spacial score (nSPS) is 11.2. The second-order valence-electron chi connectivity index (χ2n) is 6.45. The molecule has 0 atom stereocenters. The van der Waals surface area contributed by atoms with Crippen LogP contribution in [0.2, 0.25) is 0 Å². The van der Waals surface area contributed by atoms with Gasteiger partial charge in [-0.1, -0.05) is 33.8 Å². The van der Waals surface area contributed by atoms with Crippen LogP contribution in [-0.4, -0.2) is 26.4 Å². The van der Waals surface area contributed by atoms with Crippen molar-refractivity contribution in [2.45, 2.75) is 12.1 Å². The number of thioether (sulfide) groups is 1. The minimum atomic E-state index is -0.394. The van der Waals surface area contributed by atoms with Gasteiger partial charge in [0.05, 0.1) is 5.75 Å². The summed E-state index contributed by atoms with van der Waals surface area (Å²) < 4.78 is 22.0. The number of carbonyl (C=O) groups excluding carboxylic acids is 1. The quantitative estimate of drug-likeness (QED) is 0.404. The molecule has 9 heteroatoms. The average Bonchev–Trinajstić information content (AvgIpc) is 3.25. The Morgan fingerprint density at radius 2 is 2.07 bits per heavy atom. The standard InChI is InChI=1S/C20H16BrFN4O2S/c1-11-3-5-14(22)9-15(11)23-18(27)10-29-20-25-24-19(26(20)2)17-8-12-7-13(21)4-6-16(12)28-17/h3-9H,10H2,1-2H3,(H,23,27). The van der Waals surface area contributed by atoms with E-state index in [1.165, 1.54) is 23.9 Å². The van der Waals surface area contributed by atoms with Gasteiger partial charge in [-0.15, -0.1) is 10.2 Å². The molecule has 2 heterocycles. The number of halogens is 2. The van der Waals surface area contributed by atoms with Gasteiger partial charge >= 0.3 is 0 Å². The molecule has 0 aliphatic heterocycles. The van der Waals surface area contributed by atoms with Gasteiger partial charge in [0.25, 0.3) is 0 Å². The summed E-state index contributed by atoms with van der Waals surface area (Å²) in [5.74, 6) is 0.645. The molecule has 0 bridgehead atoms. The van der Waals surface area contributed by atoms with Crippen molar-refractivity contribution in [1.29, 1.82) is 0 Å². The molecule has 0 aliphatic rings. The summed E-state index contributed by atoms with van der Waals surface area (Å²) in [7, 11) is 1.81. The van der Waals surface area contributed by atoms with Gasteiger partial charge in [-0.25, -0.2) is 4.39 Å². The summed E-state index contributed by atoms with van der Waals surface area (Å²) in [6.07, 6.45) is 0. The van der Waals surface area contributed by atoms with E-state index < -0.39 is 5.82 Å². The van der Waals surface area contributed by atoms with E-state index in [0.29, 0.717) is 22.4 Å². The number of hydrogen-bond acceptors (Lipinski definition) is 5. The van der Waals surface area contributed by atoms with E-state index >= 15 is 0 Å². The first-order valence-corrected chi connectivity index (χ1v) is 10.5. The highest BCUT2D eigenvalue weighted by Crippen LogP contribution is 2.30. The maximum absolute atomic E-state index is 13.4. The highest BCUT2D eigenvalue weighted by molar-refractivity contribution is 9.10. The Morgan fingerprint density at radius 3 is 2.90 bits per heavy atom. The zero-order valence-corrected chi connectivity index (χ0v) is 18.0. The van der Waals surface area contributed by atoms with Crippen molar-refractivity contribution in [2.75, 3.05) is 11.1 Å². The maximum atomic E-state index is 13.4. The lowest BCUT2D eigenvalue weighted by Crippen LogP contribution is -2.15. The summed E-state index contributed by atoms with van der Waals surface area (Å²) in [5.41, 5.74) is 2.01. The number of aromatic nitrogens is 3. The largest absolute Gasteiger partial charge is 0.453 e. The van der Waals surface area contributed by atoms with Gasteiger partial charge in [0.2, 0.25) is 5.91 Å². The summed E-state index contributed by atoms with van der Waals surface area (Å²) in [6.45, 7) is 1.81. The molecule has 0 saturated heterocycles. The number of fused-ring (bicyclic) bond motifs is 1. The molecule has 2 aromatic carbocycles. The highest BCUT2D eigenvalue weighted by atomic mass is 79.9. The van der Waals surface area contributed by atoms with Crippen molar-refractivity contribution in [3.05, 3.63) is 58.3 Å². The fourth-order valence-corrected chi connectivity index (χ4v) is 3.91. The van der Waals surface area contributed by atoms with Gasteiger partial charge in [0, 0.05) is 22.6 Å². The van der Waals surface area contributed by atoms with Gasteiger partial charge in [-0.05, 0) is 48.9 Å². The van der Waals surface area contributed by atoms with Crippen molar-refractivity contribution in [2.24, 2.45) is 7.05 Å². The molecule has 0 unspecified atom stereocenters. The number of nitrogens with zero attached hydrogens (tertiary/aromatic N) is 3. The molecule has 148 valence electrons. The van der Waals surface area contributed by atoms with E-state index in [-0.39, 0.29) is 11.7 Å². The van der Waals surface area contributed by atoms with Crippen LogP contribution in [0.25, 0.3) is 22.6 Å². The third kappa shape index (κ3) is 4.20. The van der Waals surface area contributed by atoms with Gasteiger partial charge in [0.15, 0.2) is 16.7 Å². The summed E-state index contributed by atoms with van der Waals surface area (Å²) in [4.78, 5) is 12.3. The topological polar surface area (TPSA) is 73.0 Å². The molecule has 1 amide bonds. The lowest BCUT2D eigenvalue weighted by Gasteiger charge is -2.08. The molecule has 1 N–H and O–H groups in total. The van der Waals surface area contributed by atoms with Crippen LogP contribution >= 0.6 is 27.7 Å². The number of aryl methyl sites for hydroxylation is 1. The van der Waals surface area contributed by atoms with Crippen LogP contribution in [-0.2, 0) is 11.8 Å². The van der Waals surface area contributed by atoms with Crippen LogP contribution in [0.4, 0.5) is 10.1 Å². The zero-order chi connectivity index (χ0) is 20.5. The molecule has 6 nitrogen and oxygen atoms in total. The molecule has 4 aromatic rings. The van der Waals surface area contributed by atoms with Crippen LogP contribution in [0.3, 0.4) is 0 Å². The Labute approximate surface area is 178 Å². The number of nitrogens with one attached hydrogen (secondary N) is 1.